The zero-order chi connectivity index (χ0) is 14.3. The second-order valence-electron chi connectivity index (χ2n) is 4.91. The molecule has 0 radical (unpaired) electrons. The summed E-state index contributed by atoms with van der Waals surface area (Å²) in [5.41, 5.74) is 1.15. The van der Waals surface area contributed by atoms with E-state index in [9.17, 15) is 0 Å². The highest BCUT2D eigenvalue weighted by Gasteiger charge is 2.19. The monoisotopic (exact) mass is 284 g/mol. The van der Waals surface area contributed by atoms with E-state index in [0.717, 1.165) is 43.1 Å². The average Bonchev–Trinajstić information content (AvgIpc) is 2.78. The first-order chi connectivity index (χ1) is 9.13. The number of ether oxygens (including phenoxy) is 1. The Bertz CT molecular complexity index is 359. The number of hydrogen-bond acceptors (Lipinski definition) is 4. The molecule has 0 aromatic carbocycles. The van der Waals surface area contributed by atoms with Gasteiger partial charge < -0.3 is 10.1 Å². The van der Waals surface area contributed by atoms with Crippen LogP contribution in [0.1, 0.15) is 74.7 Å². The van der Waals surface area contributed by atoms with Crippen molar-refractivity contribution in [2.24, 2.45) is 0 Å². The third-order valence-corrected chi connectivity index (χ3v) is 4.57. The lowest BCUT2D eigenvalue weighted by molar-refractivity contribution is 0.0554. The van der Waals surface area contributed by atoms with Crippen molar-refractivity contribution >= 4 is 11.3 Å². The van der Waals surface area contributed by atoms with E-state index in [1.54, 1.807) is 0 Å². The maximum absolute atomic E-state index is 5.83. The summed E-state index contributed by atoms with van der Waals surface area (Å²) in [7, 11) is 0. The molecule has 0 bridgehead atoms. The molecule has 0 amide bonds. The van der Waals surface area contributed by atoms with Gasteiger partial charge in [-0.3, -0.25) is 0 Å². The number of thiazole rings is 1. The lowest BCUT2D eigenvalue weighted by Gasteiger charge is -2.13. The fourth-order valence-corrected chi connectivity index (χ4v) is 3.34. The van der Waals surface area contributed by atoms with Crippen LogP contribution in [0.4, 0.5) is 0 Å². The van der Waals surface area contributed by atoms with Crippen molar-refractivity contribution < 1.29 is 4.74 Å². The molecule has 110 valence electrons. The summed E-state index contributed by atoms with van der Waals surface area (Å²) in [5, 5.41) is 4.68. The van der Waals surface area contributed by atoms with Crippen molar-refractivity contribution in [1.82, 2.24) is 10.3 Å². The standard InChI is InChI=1S/C15H28N2OS/c1-6-9-13(18-8-3)15-17-12(5)14(19-15)11(4)16-10-7-2/h11,13,16H,6-10H2,1-5H3. The molecule has 0 spiro atoms. The van der Waals surface area contributed by atoms with Crippen LogP contribution in [0.2, 0.25) is 0 Å². The quantitative estimate of drug-likeness (QED) is 0.730. The molecule has 2 atom stereocenters. The minimum Gasteiger partial charge on any atom is -0.371 e. The topological polar surface area (TPSA) is 34.1 Å². The smallest absolute Gasteiger partial charge is 0.122 e. The van der Waals surface area contributed by atoms with Crippen molar-refractivity contribution in [3.8, 4) is 0 Å². The molecular weight excluding hydrogens is 256 g/mol. The number of rotatable bonds is 9. The molecule has 0 fully saturated rings. The van der Waals surface area contributed by atoms with E-state index in [0.29, 0.717) is 6.04 Å². The molecule has 0 aliphatic carbocycles. The lowest BCUT2D eigenvalue weighted by Crippen LogP contribution is -2.18. The first kappa shape index (κ1) is 16.6. The van der Waals surface area contributed by atoms with Crippen LogP contribution in [0, 0.1) is 6.92 Å². The third-order valence-electron chi connectivity index (χ3n) is 3.14. The molecular formula is C15H28N2OS. The largest absolute Gasteiger partial charge is 0.371 e. The number of hydrogen-bond donors (Lipinski definition) is 1. The summed E-state index contributed by atoms with van der Waals surface area (Å²) in [6.45, 7) is 12.6. The van der Waals surface area contributed by atoms with Crippen LogP contribution in [-0.4, -0.2) is 18.1 Å². The fourth-order valence-electron chi connectivity index (χ4n) is 2.16. The van der Waals surface area contributed by atoms with Crippen molar-refractivity contribution in [2.45, 2.75) is 66.0 Å². The molecule has 4 heteroatoms. The molecule has 3 nitrogen and oxygen atoms in total. The van der Waals surface area contributed by atoms with E-state index in [1.165, 1.54) is 4.88 Å². The summed E-state index contributed by atoms with van der Waals surface area (Å²) in [4.78, 5) is 6.08. The van der Waals surface area contributed by atoms with E-state index in [4.69, 9.17) is 9.72 Å². The highest BCUT2D eigenvalue weighted by molar-refractivity contribution is 7.11. The van der Waals surface area contributed by atoms with Crippen LogP contribution in [0.25, 0.3) is 0 Å². The van der Waals surface area contributed by atoms with Gasteiger partial charge in [0.2, 0.25) is 0 Å². The average molecular weight is 284 g/mol. The van der Waals surface area contributed by atoms with Crippen LogP contribution in [0.15, 0.2) is 0 Å². The molecule has 2 unspecified atom stereocenters. The minimum absolute atomic E-state index is 0.172. The normalized spacial score (nSPS) is 14.6. The van der Waals surface area contributed by atoms with Gasteiger partial charge in [0, 0.05) is 17.5 Å². The Morgan fingerprint density at radius 3 is 2.58 bits per heavy atom. The van der Waals surface area contributed by atoms with Crippen LogP contribution in [-0.2, 0) is 4.74 Å². The maximum atomic E-state index is 5.83. The van der Waals surface area contributed by atoms with E-state index in [1.807, 2.05) is 11.3 Å². The summed E-state index contributed by atoms with van der Waals surface area (Å²) in [6, 6.07) is 0.384. The van der Waals surface area contributed by atoms with Gasteiger partial charge in [-0.25, -0.2) is 4.98 Å². The second-order valence-corrected chi connectivity index (χ2v) is 5.97. The zero-order valence-corrected chi connectivity index (χ0v) is 13.8. The number of nitrogens with one attached hydrogen (secondary N) is 1. The summed E-state index contributed by atoms with van der Waals surface area (Å²) >= 11 is 1.81. The fraction of sp³-hybridized carbons (Fsp3) is 0.800. The van der Waals surface area contributed by atoms with Gasteiger partial charge in [-0.1, -0.05) is 20.3 Å². The van der Waals surface area contributed by atoms with Gasteiger partial charge in [0.05, 0.1) is 5.69 Å². The van der Waals surface area contributed by atoms with E-state index < -0.39 is 0 Å². The molecule has 19 heavy (non-hydrogen) atoms. The Kier molecular flexibility index (Phi) is 7.57. The predicted molar refractivity (Wildman–Crippen MR) is 82.8 cm³/mol. The van der Waals surface area contributed by atoms with Gasteiger partial charge in [-0.05, 0) is 40.2 Å². The Hall–Kier alpha value is -0.450. The highest BCUT2D eigenvalue weighted by atomic mass is 32.1. The van der Waals surface area contributed by atoms with Crippen molar-refractivity contribution in [2.75, 3.05) is 13.2 Å². The molecule has 1 N–H and O–H groups in total. The van der Waals surface area contributed by atoms with Gasteiger partial charge in [0.25, 0.3) is 0 Å². The van der Waals surface area contributed by atoms with Crippen LogP contribution >= 0.6 is 11.3 Å². The Labute approximate surface area is 121 Å². The molecule has 0 aliphatic rings. The number of aryl methyl sites for hydroxylation is 1. The Balaban J connectivity index is 2.80. The van der Waals surface area contributed by atoms with Crippen LogP contribution in [0.3, 0.4) is 0 Å². The van der Waals surface area contributed by atoms with Gasteiger partial charge in [0.1, 0.15) is 11.1 Å². The molecule has 0 saturated carbocycles. The summed E-state index contributed by atoms with van der Waals surface area (Å²) < 4.78 is 5.83. The van der Waals surface area contributed by atoms with E-state index in [2.05, 4.69) is 39.9 Å². The summed E-state index contributed by atoms with van der Waals surface area (Å²) in [5.74, 6) is 0. The lowest BCUT2D eigenvalue weighted by atomic mass is 10.2. The SMILES string of the molecule is CCCNC(C)c1sc(C(CCC)OCC)nc1C. The number of aromatic nitrogens is 1. The molecule has 0 saturated heterocycles. The highest BCUT2D eigenvalue weighted by Crippen LogP contribution is 2.32. The Morgan fingerprint density at radius 2 is 2.00 bits per heavy atom. The predicted octanol–water partition coefficient (Wildman–Crippen LogP) is 4.39. The zero-order valence-electron chi connectivity index (χ0n) is 13.0. The number of nitrogens with zero attached hydrogens (tertiary/aromatic N) is 1. The van der Waals surface area contributed by atoms with Crippen molar-refractivity contribution in [3.63, 3.8) is 0 Å². The van der Waals surface area contributed by atoms with E-state index >= 15 is 0 Å². The second kappa shape index (κ2) is 8.67. The van der Waals surface area contributed by atoms with Crippen molar-refractivity contribution in [3.05, 3.63) is 15.6 Å². The Morgan fingerprint density at radius 1 is 1.26 bits per heavy atom. The first-order valence-corrected chi connectivity index (χ1v) is 8.27. The first-order valence-electron chi connectivity index (χ1n) is 7.46. The molecule has 1 rings (SSSR count). The third kappa shape index (κ3) is 4.86. The maximum Gasteiger partial charge on any atom is 0.122 e. The van der Waals surface area contributed by atoms with Gasteiger partial charge in [0.15, 0.2) is 0 Å². The molecule has 0 aliphatic heterocycles. The van der Waals surface area contributed by atoms with Crippen LogP contribution < -0.4 is 5.32 Å². The molecule has 1 aromatic heterocycles. The van der Waals surface area contributed by atoms with Gasteiger partial charge in [-0.2, -0.15) is 0 Å². The van der Waals surface area contributed by atoms with Crippen molar-refractivity contribution in [1.29, 1.82) is 0 Å². The van der Waals surface area contributed by atoms with E-state index in [-0.39, 0.29) is 6.10 Å². The van der Waals surface area contributed by atoms with Gasteiger partial charge in [-0.15, -0.1) is 11.3 Å². The summed E-state index contributed by atoms with van der Waals surface area (Å²) in [6.07, 6.45) is 3.51. The van der Waals surface area contributed by atoms with Crippen LogP contribution in [0.5, 0.6) is 0 Å². The van der Waals surface area contributed by atoms with Gasteiger partial charge >= 0.3 is 0 Å². The molecule has 1 heterocycles. The molecule has 1 aromatic rings. The minimum atomic E-state index is 0.172.